The summed E-state index contributed by atoms with van der Waals surface area (Å²) >= 11 is 0. The van der Waals surface area contributed by atoms with Crippen LogP contribution in [0, 0.1) is 5.41 Å². The molecule has 0 aliphatic carbocycles. The summed E-state index contributed by atoms with van der Waals surface area (Å²) in [5.74, 6) is 0. The van der Waals surface area contributed by atoms with Crippen LogP contribution >= 0.6 is 0 Å². The van der Waals surface area contributed by atoms with Crippen molar-refractivity contribution in [1.82, 2.24) is 4.90 Å². The molecule has 0 aromatic rings. The Balaban J connectivity index is 2.58. The van der Waals surface area contributed by atoms with Gasteiger partial charge in [0, 0.05) is 12.0 Å². The van der Waals surface area contributed by atoms with Gasteiger partial charge in [-0.1, -0.05) is 13.8 Å². The molecule has 0 aromatic heterocycles. The van der Waals surface area contributed by atoms with Crippen molar-refractivity contribution >= 4 is 6.09 Å². The third kappa shape index (κ3) is 3.08. The van der Waals surface area contributed by atoms with Crippen molar-refractivity contribution in [2.45, 2.75) is 46.4 Å². The summed E-state index contributed by atoms with van der Waals surface area (Å²) in [6, 6.07) is 0. The normalized spacial score (nSPS) is 25.5. The predicted octanol–water partition coefficient (Wildman–Crippen LogP) is 2.60. The van der Waals surface area contributed by atoms with Gasteiger partial charge in [0.05, 0.1) is 6.54 Å². The molecule has 3 nitrogen and oxygen atoms in total. The Morgan fingerprint density at radius 3 is 2.33 bits per heavy atom. The Hall–Kier alpha value is -0.800. The molecule has 0 radical (unpaired) electrons. The summed E-state index contributed by atoms with van der Waals surface area (Å²) < 4.78 is 18.7. The first-order valence-electron chi connectivity index (χ1n) is 5.24. The van der Waals surface area contributed by atoms with Gasteiger partial charge in [0.15, 0.2) is 0 Å². The average Bonchev–Trinajstić information content (AvgIpc) is 2.23. The van der Waals surface area contributed by atoms with Crippen LogP contribution in [0.15, 0.2) is 0 Å². The molecule has 88 valence electrons. The van der Waals surface area contributed by atoms with Gasteiger partial charge >= 0.3 is 6.09 Å². The highest BCUT2D eigenvalue weighted by molar-refractivity contribution is 5.68. The molecule has 1 amide bonds. The van der Waals surface area contributed by atoms with Crippen molar-refractivity contribution in [3.8, 4) is 0 Å². The first-order chi connectivity index (χ1) is 6.62. The van der Waals surface area contributed by atoms with Gasteiger partial charge in [-0.15, -0.1) is 0 Å². The zero-order chi connectivity index (χ0) is 11.9. The van der Waals surface area contributed by atoms with Crippen LogP contribution < -0.4 is 0 Å². The van der Waals surface area contributed by atoms with Crippen LogP contribution in [0.25, 0.3) is 0 Å². The van der Waals surface area contributed by atoms with Crippen molar-refractivity contribution in [2.24, 2.45) is 5.41 Å². The van der Waals surface area contributed by atoms with Crippen LogP contribution in [0.5, 0.6) is 0 Å². The summed E-state index contributed by atoms with van der Waals surface area (Å²) in [6.07, 6.45) is -1.39. The van der Waals surface area contributed by atoms with Gasteiger partial charge in [-0.05, 0) is 20.8 Å². The van der Waals surface area contributed by atoms with Crippen LogP contribution in [0.1, 0.15) is 34.6 Å². The topological polar surface area (TPSA) is 29.5 Å². The molecule has 1 aliphatic rings. The summed E-state index contributed by atoms with van der Waals surface area (Å²) in [5, 5.41) is 0. The van der Waals surface area contributed by atoms with E-state index in [2.05, 4.69) is 0 Å². The lowest BCUT2D eigenvalue weighted by Gasteiger charge is -2.25. The number of hydrogen-bond donors (Lipinski definition) is 0. The summed E-state index contributed by atoms with van der Waals surface area (Å²) in [7, 11) is 0. The van der Waals surface area contributed by atoms with Gasteiger partial charge in [0.1, 0.15) is 11.8 Å². The first kappa shape index (κ1) is 12.3. The second-order valence-corrected chi connectivity index (χ2v) is 5.82. The van der Waals surface area contributed by atoms with Gasteiger partial charge in [-0.25, -0.2) is 9.18 Å². The van der Waals surface area contributed by atoms with E-state index < -0.39 is 23.3 Å². The SMILES string of the molecule is CC(C)(C)OC(=O)N1CC(F)C(C)(C)C1. The van der Waals surface area contributed by atoms with Gasteiger partial charge in [0.25, 0.3) is 0 Å². The van der Waals surface area contributed by atoms with E-state index in [0.717, 1.165) is 0 Å². The molecule has 0 bridgehead atoms. The molecule has 1 unspecified atom stereocenters. The fraction of sp³-hybridized carbons (Fsp3) is 0.909. The molecule has 1 saturated heterocycles. The Kier molecular flexibility index (Phi) is 2.99. The van der Waals surface area contributed by atoms with Gasteiger partial charge in [0.2, 0.25) is 0 Å². The fourth-order valence-electron chi connectivity index (χ4n) is 1.56. The molecular weight excluding hydrogens is 197 g/mol. The predicted molar refractivity (Wildman–Crippen MR) is 56.5 cm³/mol. The third-order valence-corrected chi connectivity index (χ3v) is 2.48. The maximum atomic E-state index is 13.5. The Labute approximate surface area is 90.6 Å². The monoisotopic (exact) mass is 217 g/mol. The number of hydrogen-bond acceptors (Lipinski definition) is 2. The first-order valence-corrected chi connectivity index (χ1v) is 5.24. The van der Waals surface area contributed by atoms with Crippen LogP contribution in [-0.2, 0) is 4.74 Å². The highest BCUT2D eigenvalue weighted by Gasteiger charge is 2.42. The number of amides is 1. The van der Waals surface area contributed by atoms with Gasteiger partial charge < -0.3 is 9.64 Å². The smallest absolute Gasteiger partial charge is 0.410 e. The third-order valence-electron chi connectivity index (χ3n) is 2.48. The van der Waals surface area contributed by atoms with Gasteiger partial charge in [-0.2, -0.15) is 0 Å². The van der Waals surface area contributed by atoms with E-state index in [0.29, 0.717) is 6.54 Å². The maximum absolute atomic E-state index is 13.5. The summed E-state index contributed by atoms with van der Waals surface area (Å²) in [6.45, 7) is 9.62. The lowest BCUT2D eigenvalue weighted by atomic mass is 9.91. The zero-order valence-corrected chi connectivity index (χ0v) is 10.1. The number of nitrogens with zero attached hydrogens (tertiary/aromatic N) is 1. The maximum Gasteiger partial charge on any atom is 0.410 e. The van der Waals surface area contributed by atoms with Crippen LogP contribution in [0.3, 0.4) is 0 Å². The lowest BCUT2D eigenvalue weighted by Crippen LogP contribution is -2.36. The number of ether oxygens (including phenoxy) is 1. The number of rotatable bonds is 0. The zero-order valence-electron chi connectivity index (χ0n) is 10.1. The molecule has 0 saturated carbocycles. The lowest BCUT2D eigenvalue weighted by molar-refractivity contribution is 0.0275. The fourth-order valence-corrected chi connectivity index (χ4v) is 1.56. The molecule has 0 N–H and O–H groups in total. The number of alkyl halides is 1. The number of carbonyl (C=O) groups excluding carboxylic acids is 1. The van der Waals surface area contributed by atoms with Crippen molar-refractivity contribution in [2.75, 3.05) is 13.1 Å². The number of likely N-dealkylation sites (tertiary alicyclic amines) is 1. The minimum atomic E-state index is -0.968. The molecule has 4 heteroatoms. The molecular formula is C11H20FNO2. The van der Waals surface area contributed by atoms with E-state index >= 15 is 0 Å². The van der Waals surface area contributed by atoms with E-state index in [1.54, 1.807) is 20.8 Å². The molecule has 1 heterocycles. The second-order valence-electron chi connectivity index (χ2n) is 5.82. The molecule has 1 atom stereocenters. The van der Waals surface area contributed by atoms with Crippen LogP contribution in [-0.4, -0.2) is 35.9 Å². The van der Waals surface area contributed by atoms with E-state index in [4.69, 9.17) is 4.74 Å². The quantitative estimate of drug-likeness (QED) is 0.624. The number of carbonyl (C=O) groups is 1. The highest BCUT2D eigenvalue weighted by Crippen LogP contribution is 2.32. The Bertz CT molecular complexity index is 258. The molecule has 0 aromatic carbocycles. The van der Waals surface area contributed by atoms with E-state index in [-0.39, 0.29) is 6.54 Å². The van der Waals surface area contributed by atoms with Crippen molar-refractivity contribution in [1.29, 1.82) is 0 Å². The van der Waals surface area contributed by atoms with E-state index in [9.17, 15) is 9.18 Å². The van der Waals surface area contributed by atoms with Crippen molar-refractivity contribution in [3.63, 3.8) is 0 Å². The largest absolute Gasteiger partial charge is 0.444 e. The Morgan fingerprint density at radius 1 is 1.47 bits per heavy atom. The van der Waals surface area contributed by atoms with Crippen molar-refractivity contribution in [3.05, 3.63) is 0 Å². The highest BCUT2D eigenvalue weighted by atomic mass is 19.1. The van der Waals surface area contributed by atoms with Crippen molar-refractivity contribution < 1.29 is 13.9 Å². The van der Waals surface area contributed by atoms with Crippen LogP contribution in [0.2, 0.25) is 0 Å². The molecule has 1 aliphatic heterocycles. The molecule has 0 spiro atoms. The molecule has 15 heavy (non-hydrogen) atoms. The Morgan fingerprint density at radius 2 is 2.00 bits per heavy atom. The minimum absolute atomic E-state index is 0.141. The standard InChI is InChI=1S/C11H20FNO2/c1-10(2,3)15-9(14)13-6-8(12)11(4,5)7-13/h8H,6-7H2,1-5H3. The number of halogens is 1. The molecule has 1 rings (SSSR count). The second kappa shape index (κ2) is 3.65. The van der Waals surface area contributed by atoms with Crippen LogP contribution in [0.4, 0.5) is 9.18 Å². The summed E-state index contributed by atoms with van der Waals surface area (Å²) in [4.78, 5) is 13.1. The average molecular weight is 217 g/mol. The minimum Gasteiger partial charge on any atom is -0.444 e. The summed E-state index contributed by atoms with van der Waals surface area (Å²) in [5.41, 5.74) is -0.980. The van der Waals surface area contributed by atoms with E-state index in [1.807, 2.05) is 13.8 Å². The van der Waals surface area contributed by atoms with E-state index in [1.165, 1.54) is 4.90 Å². The molecule has 1 fully saturated rings. The van der Waals surface area contributed by atoms with Gasteiger partial charge in [-0.3, -0.25) is 0 Å².